The van der Waals surface area contributed by atoms with Gasteiger partial charge >= 0.3 is 0 Å². The molecule has 1 heterocycles. The van der Waals surface area contributed by atoms with E-state index in [1.54, 1.807) is 0 Å². The van der Waals surface area contributed by atoms with E-state index >= 15 is 0 Å². The molecule has 1 saturated heterocycles. The molecule has 1 aliphatic heterocycles. The van der Waals surface area contributed by atoms with Crippen LogP contribution in [0, 0.1) is 0 Å². The molecular formula is C21H25ClO4S. The minimum absolute atomic E-state index is 0.0163. The average molecular weight is 409 g/mol. The van der Waals surface area contributed by atoms with Crippen LogP contribution < -0.4 is 4.74 Å². The van der Waals surface area contributed by atoms with Gasteiger partial charge in [-0.1, -0.05) is 35.9 Å². The van der Waals surface area contributed by atoms with Gasteiger partial charge in [-0.15, -0.1) is 11.8 Å². The van der Waals surface area contributed by atoms with Crippen LogP contribution in [0.3, 0.4) is 0 Å². The van der Waals surface area contributed by atoms with Crippen molar-refractivity contribution in [2.24, 2.45) is 0 Å². The van der Waals surface area contributed by atoms with Gasteiger partial charge in [-0.05, 0) is 54.7 Å². The Morgan fingerprint density at radius 3 is 2.56 bits per heavy atom. The van der Waals surface area contributed by atoms with Crippen molar-refractivity contribution < 1.29 is 20.1 Å². The van der Waals surface area contributed by atoms with E-state index in [2.05, 4.69) is 0 Å². The zero-order valence-electron chi connectivity index (χ0n) is 15.2. The molecule has 2 aromatic rings. The third kappa shape index (κ3) is 4.98. The zero-order valence-corrected chi connectivity index (χ0v) is 16.8. The summed E-state index contributed by atoms with van der Waals surface area (Å²) in [4.78, 5) is 0. The van der Waals surface area contributed by atoms with E-state index in [9.17, 15) is 15.3 Å². The van der Waals surface area contributed by atoms with Crippen molar-refractivity contribution in [1.29, 1.82) is 0 Å². The van der Waals surface area contributed by atoms with Crippen LogP contribution in [0.25, 0.3) is 0 Å². The second-order valence-corrected chi connectivity index (χ2v) is 8.61. The Morgan fingerprint density at radius 2 is 1.89 bits per heavy atom. The first-order valence-corrected chi connectivity index (χ1v) is 10.5. The molecule has 27 heavy (non-hydrogen) atoms. The van der Waals surface area contributed by atoms with Crippen molar-refractivity contribution in [2.45, 2.75) is 42.5 Å². The molecule has 2 aromatic carbocycles. The van der Waals surface area contributed by atoms with Crippen molar-refractivity contribution in [3.63, 3.8) is 0 Å². The van der Waals surface area contributed by atoms with Crippen LogP contribution in [0.4, 0.5) is 0 Å². The second kappa shape index (κ2) is 9.30. The van der Waals surface area contributed by atoms with E-state index in [1.807, 2.05) is 49.4 Å². The van der Waals surface area contributed by atoms with Gasteiger partial charge < -0.3 is 20.1 Å². The molecule has 0 saturated carbocycles. The fourth-order valence-electron chi connectivity index (χ4n) is 3.34. The number of hydrogen-bond acceptors (Lipinski definition) is 5. The maximum absolute atomic E-state index is 10.4. The number of thioether (sulfide) groups is 1. The highest BCUT2D eigenvalue weighted by Gasteiger charge is 2.37. The lowest BCUT2D eigenvalue weighted by Gasteiger charge is -2.36. The lowest BCUT2D eigenvalue weighted by Crippen LogP contribution is -2.39. The highest BCUT2D eigenvalue weighted by atomic mass is 35.5. The third-order valence-corrected chi connectivity index (χ3v) is 6.72. The summed E-state index contributed by atoms with van der Waals surface area (Å²) in [5.74, 6) is 0.840. The Morgan fingerprint density at radius 1 is 1.15 bits per heavy atom. The Hall–Kier alpha value is -1.24. The first-order valence-electron chi connectivity index (χ1n) is 9.14. The van der Waals surface area contributed by atoms with Gasteiger partial charge in [0.15, 0.2) is 0 Å². The van der Waals surface area contributed by atoms with Crippen molar-refractivity contribution in [3.05, 3.63) is 64.2 Å². The molecule has 3 rings (SSSR count). The molecule has 6 heteroatoms. The van der Waals surface area contributed by atoms with Crippen molar-refractivity contribution >= 4 is 23.4 Å². The molecule has 0 amide bonds. The van der Waals surface area contributed by atoms with Gasteiger partial charge in [0.1, 0.15) is 5.75 Å². The van der Waals surface area contributed by atoms with Gasteiger partial charge in [-0.3, -0.25) is 0 Å². The van der Waals surface area contributed by atoms with Crippen LogP contribution in [0.15, 0.2) is 42.5 Å². The summed E-state index contributed by atoms with van der Waals surface area (Å²) in [6.07, 6.45) is -0.639. The van der Waals surface area contributed by atoms with Gasteiger partial charge in [0.2, 0.25) is 0 Å². The fourth-order valence-corrected chi connectivity index (χ4v) is 4.98. The average Bonchev–Trinajstić information content (AvgIpc) is 2.67. The van der Waals surface area contributed by atoms with Gasteiger partial charge in [-0.2, -0.15) is 0 Å². The van der Waals surface area contributed by atoms with Gasteiger partial charge in [0, 0.05) is 10.3 Å². The summed E-state index contributed by atoms with van der Waals surface area (Å²) in [6.45, 7) is 2.57. The fraction of sp³-hybridized carbons (Fsp3) is 0.429. The van der Waals surface area contributed by atoms with Gasteiger partial charge in [0.25, 0.3) is 0 Å². The first-order chi connectivity index (χ1) is 13.0. The second-order valence-electron chi connectivity index (χ2n) is 6.76. The minimum Gasteiger partial charge on any atom is -0.494 e. The number of ether oxygens (including phenoxy) is 1. The number of aliphatic hydroxyl groups excluding tert-OH is 3. The number of halogens is 1. The van der Waals surface area contributed by atoms with Gasteiger partial charge in [0.05, 0.1) is 30.7 Å². The molecule has 4 nitrogen and oxygen atoms in total. The standard InChI is InChI=1S/C21H25ClO4S/c1-2-26-16-6-3-13(4-7-16)9-15-10-14(5-8-18(15)22)21-20(25)19(24)11-17(12-23)27-21/h3-8,10,17,19-21,23-25H,2,9,11-12H2,1H3/t17-,19-,20?,21-/m0/s1. The molecular weight excluding hydrogens is 384 g/mol. The zero-order chi connectivity index (χ0) is 19.4. The predicted molar refractivity (Wildman–Crippen MR) is 110 cm³/mol. The monoisotopic (exact) mass is 408 g/mol. The van der Waals surface area contributed by atoms with Crippen LogP contribution in [0.2, 0.25) is 5.02 Å². The summed E-state index contributed by atoms with van der Waals surface area (Å²) < 4.78 is 5.48. The lowest BCUT2D eigenvalue weighted by atomic mass is 9.96. The van der Waals surface area contributed by atoms with Crippen LogP contribution in [0.5, 0.6) is 5.75 Å². The highest BCUT2D eigenvalue weighted by Crippen LogP contribution is 2.43. The van der Waals surface area contributed by atoms with E-state index in [4.69, 9.17) is 16.3 Å². The molecule has 0 bridgehead atoms. The van der Waals surface area contributed by atoms with Crippen LogP contribution >= 0.6 is 23.4 Å². The Kier molecular flexibility index (Phi) is 7.06. The van der Waals surface area contributed by atoms with Crippen LogP contribution in [-0.4, -0.2) is 46.0 Å². The Bertz CT molecular complexity index is 752. The molecule has 0 aromatic heterocycles. The molecule has 1 fully saturated rings. The Balaban J connectivity index is 1.81. The summed E-state index contributed by atoms with van der Waals surface area (Å²) in [5.41, 5.74) is 2.99. The number of benzene rings is 2. The topological polar surface area (TPSA) is 69.9 Å². The lowest BCUT2D eigenvalue weighted by molar-refractivity contribution is 0.00526. The van der Waals surface area contributed by atoms with Crippen molar-refractivity contribution in [1.82, 2.24) is 0 Å². The highest BCUT2D eigenvalue weighted by molar-refractivity contribution is 8.00. The van der Waals surface area contributed by atoms with E-state index < -0.39 is 12.2 Å². The predicted octanol–water partition coefficient (Wildman–Crippen LogP) is 3.59. The number of rotatable bonds is 6. The maximum Gasteiger partial charge on any atom is 0.119 e. The summed E-state index contributed by atoms with van der Waals surface area (Å²) in [6, 6.07) is 13.6. The molecule has 0 radical (unpaired) electrons. The quantitative estimate of drug-likeness (QED) is 0.681. The molecule has 3 N–H and O–H groups in total. The molecule has 0 aliphatic carbocycles. The third-order valence-electron chi connectivity index (χ3n) is 4.78. The molecule has 0 spiro atoms. The summed E-state index contributed by atoms with van der Waals surface area (Å²) in [7, 11) is 0. The summed E-state index contributed by atoms with van der Waals surface area (Å²) >= 11 is 7.91. The van der Waals surface area contributed by atoms with E-state index in [0.29, 0.717) is 24.5 Å². The van der Waals surface area contributed by atoms with E-state index in [0.717, 1.165) is 22.4 Å². The molecule has 146 valence electrons. The SMILES string of the molecule is CCOc1ccc(Cc2cc([C@@H]3S[C@H](CO)C[C@H](O)C3O)ccc2Cl)cc1. The van der Waals surface area contributed by atoms with Gasteiger partial charge in [-0.25, -0.2) is 0 Å². The van der Waals surface area contributed by atoms with Crippen molar-refractivity contribution in [3.8, 4) is 5.75 Å². The molecule has 4 atom stereocenters. The largest absolute Gasteiger partial charge is 0.494 e. The van der Waals surface area contributed by atoms with Crippen LogP contribution in [-0.2, 0) is 6.42 Å². The summed E-state index contributed by atoms with van der Waals surface area (Å²) in [5, 5.41) is 30.3. The first kappa shape index (κ1) is 20.5. The number of hydrogen-bond donors (Lipinski definition) is 3. The van der Waals surface area contributed by atoms with Crippen LogP contribution in [0.1, 0.15) is 35.3 Å². The van der Waals surface area contributed by atoms with Crippen molar-refractivity contribution in [2.75, 3.05) is 13.2 Å². The minimum atomic E-state index is -0.864. The van der Waals surface area contributed by atoms with E-state index in [1.165, 1.54) is 11.8 Å². The molecule has 1 aliphatic rings. The van der Waals surface area contributed by atoms with E-state index in [-0.39, 0.29) is 17.1 Å². The normalized spacial score (nSPS) is 25.4. The molecule has 1 unspecified atom stereocenters. The maximum atomic E-state index is 10.4. The smallest absolute Gasteiger partial charge is 0.119 e. The Labute approximate surface area is 169 Å². The number of aliphatic hydroxyl groups is 3.